The van der Waals surface area contributed by atoms with Crippen molar-refractivity contribution in [2.24, 2.45) is 32.9 Å². The number of hydrogen-bond acceptors (Lipinski definition) is 3. The molecule has 1 aromatic rings. The van der Waals surface area contributed by atoms with Crippen LogP contribution < -0.4 is 22.9 Å². The SMILES string of the molecule is NC(N)=NC1C=CC=CC1(c1ccc(C2(C(F)(F)F)C=CC=CC2N=C(N)N)o1)C(F)(F)F. The van der Waals surface area contributed by atoms with E-state index in [-0.39, 0.29) is 0 Å². The van der Waals surface area contributed by atoms with Crippen LogP contribution in [0.25, 0.3) is 0 Å². The summed E-state index contributed by atoms with van der Waals surface area (Å²) in [7, 11) is 0. The van der Waals surface area contributed by atoms with Crippen LogP contribution in [0.4, 0.5) is 26.3 Å². The molecule has 4 atom stereocenters. The molecule has 0 spiro atoms. The van der Waals surface area contributed by atoms with Crippen LogP contribution in [0.5, 0.6) is 0 Å². The maximum Gasteiger partial charge on any atom is 0.407 e. The van der Waals surface area contributed by atoms with Gasteiger partial charge in [-0.15, -0.1) is 0 Å². The first kappa shape index (κ1) is 24.0. The van der Waals surface area contributed by atoms with E-state index in [0.29, 0.717) is 0 Å². The number of alkyl halides is 6. The predicted molar refractivity (Wildman–Crippen MR) is 110 cm³/mol. The fraction of sp³-hybridized carbons (Fsp3) is 0.300. The van der Waals surface area contributed by atoms with Crippen molar-refractivity contribution in [2.75, 3.05) is 0 Å². The molecular formula is C20H20F6N6O. The molecule has 0 fully saturated rings. The maximum absolute atomic E-state index is 14.4. The number of furan rings is 1. The lowest BCUT2D eigenvalue weighted by Gasteiger charge is -2.38. The van der Waals surface area contributed by atoms with Crippen molar-refractivity contribution in [2.45, 2.75) is 35.3 Å². The van der Waals surface area contributed by atoms with Crippen LogP contribution in [0.3, 0.4) is 0 Å². The molecule has 13 heteroatoms. The van der Waals surface area contributed by atoms with Crippen LogP contribution in [0.2, 0.25) is 0 Å². The number of halogens is 6. The van der Waals surface area contributed by atoms with Gasteiger partial charge in [-0.2, -0.15) is 26.3 Å². The Morgan fingerprint density at radius 2 is 1.06 bits per heavy atom. The fourth-order valence-electron chi connectivity index (χ4n) is 3.91. The first-order valence-electron chi connectivity index (χ1n) is 9.39. The van der Waals surface area contributed by atoms with Gasteiger partial charge in [0.15, 0.2) is 22.7 Å². The summed E-state index contributed by atoms with van der Waals surface area (Å²) in [6.45, 7) is 0. The third-order valence-corrected chi connectivity index (χ3v) is 5.40. The number of rotatable bonds is 4. The number of nitrogens with zero attached hydrogens (tertiary/aromatic N) is 2. The molecule has 0 radical (unpaired) electrons. The summed E-state index contributed by atoms with van der Waals surface area (Å²) < 4.78 is 91.8. The molecule has 1 aromatic heterocycles. The van der Waals surface area contributed by atoms with Crippen LogP contribution in [0.1, 0.15) is 11.5 Å². The smallest absolute Gasteiger partial charge is 0.407 e. The molecule has 0 saturated carbocycles. The monoisotopic (exact) mass is 474 g/mol. The van der Waals surface area contributed by atoms with Gasteiger partial charge in [-0.3, -0.25) is 0 Å². The molecule has 0 saturated heterocycles. The van der Waals surface area contributed by atoms with Crippen molar-refractivity contribution < 1.29 is 30.8 Å². The molecule has 0 bridgehead atoms. The first-order chi connectivity index (χ1) is 15.3. The third-order valence-electron chi connectivity index (χ3n) is 5.40. The number of hydrogen-bond donors (Lipinski definition) is 4. The van der Waals surface area contributed by atoms with E-state index in [1.807, 2.05) is 0 Å². The normalized spacial score (nSPS) is 29.2. The van der Waals surface area contributed by atoms with Gasteiger partial charge in [0.05, 0.1) is 12.1 Å². The summed E-state index contributed by atoms with van der Waals surface area (Å²) in [4.78, 5) is 7.25. The lowest BCUT2D eigenvalue weighted by atomic mass is 9.74. The summed E-state index contributed by atoms with van der Waals surface area (Å²) in [6, 6.07) is -1.81. The van der Waals surface area contributed by atoms with Gasteiger partial charge in [-0.1, -0.05) is 48.6 Å². The summed E-state index contributed by atoms with van der Waals surface area (Å²) in [6.07, 6.45) is -1.75. The van der Waals surface area contributed by atoms with E-state index in [4.69, 9.17) is 27.4 Å². The van der Waals surface area contributed by atoms with Gasteiger partial charge in [0.25, 0.3) is 0 Å². The average Bonchev–Trinajstić information content (AvgIpc) is 3.16. The highest BCUT2D eigenvalue weighted by Gasteiger charge is 2.64. The zero-order valence-corrected chi connectivity index (χ0v) is 16.8. The Morgan fingerprint density at radius 1 is 0.697 bits per heavy atom. The molecule has 4 unspecified atom stereocenters. The van der Waals surface area contributed by atoms with Gasteiger partial charge in [-0.05, 0) is 12.1 Å². The highest BCUT2D eigenvalue weighted by Crippen LogP contribution is 2.52. The van der Waals surface area contributed by atoms with E-state index in [1.54, 1.807) is 0 Å². The van der Waals surface area contributed by atoms with Gasteiger partial charge in [0.1, 0.15) is 11.5 Å². The van der Waals surface area contributed by atoms with Crippen molar-refractivity contribution in [1.82, 2.24) is 0 Å². The van der Waals surface area contributed by atoms with Crippen molar-refractivity contribution in [3.05, 3.63) is 72.3 Å². The number of nitrogens with two attached hydrogens (primary N) is 4. The second-order valence-corrected chi connectivity index (χ2v) is 7.38. The Kier molecular flexibility index (Phi) is 5.86. The van der Waals surface area contributed by atoms with Crippen LogP contribution in [0, 0.1) is 0 Å². The molecular weight excluding hydrogens is 454 g/mol. The highest BCUT2D eigenvalue weighted by atomic mass is 19.4. The Bertz CT molecular complexity index is 989. The zero-order chi connectivity index (χ0) is 24.7. The lowest BCUT2D eigenvalue weighted by molar-refractivity contribution is -0.188. The number of guanidine groups is 2. The molecule has 7 nitrogen and oxygen atoms in total. The van der Waals surface area contributed by atoms with Gasteiger partial charge in [-0.25, -0.2) is 9.98 Å². The second kappa shape index (κ2) is 8.05. The summed E-state index contributed by atoms with van der Waals surface area (Å²) >= 11 is 0. The molecule has 0 amide bonds. The number of aliphatic imine (C=N–C) groups is 2. The molecule has 33 heavy (non-hydrogen) atoms. The van der Waals surface area contributed by atoms with E-state index < -0.39 is 58.7 Å². The van der Waals surface area contributed by atoms with Gasteiger partial charge in [0, 0.05) is 0 Å². The predicted octanol–water partition coefficient (Wildman–Crippen LogP) is 2.42. The summed E-state index contributed by atoms with van der Waals surface area (Å²) in [5.41, 5.74) is 15.3. The Labute approximate surface area is 183 Å². The minimum atomic E-state index is -5.04. The van der Waals surface area contributed by atoms with Gasteiger partial charge >= 0.3 is 12.4 Å². The molecule has 2 aliphatic rings. The maximum atomic E-state index is 14.4. The van der Waals surface area contributed by atoms with E-state index in [0.717, 1.165) is 48.6 Å². The number of allylic oxidation sites excluding steroid dienone is 4. The minimum Gasteiger partial charge on any atom is -0.463 e. The third kappa shape index (κ3) is 3.87. The summed E-state index contributed by atoms with van der Waals surface area (Å²) in [5, 5.41) is 0. The van der Waals surface area contributed by atoms with Crippen molar-refractivity contribution >= 4 is 11.9 Å². The topological polar surface area (TPSA) is 142 Å². The van der Waals surface area contributed by atoms with Crippen molar-refractivity contribution in [1.29, 1.82) is 0 Å². The Balaban J connectivity index is 2.26. The molecule has 8 N–H and O–H groups in total. The van der Waals surface area contributed by atoms with Crippen molar-refractivity contribution in [3.8, 4) is 0 Å². The van der Waals surface area contributed by atoms with Crippen LogP contribution in [-0.4, -0.2) is 36.4 Å². The fourth-order valence-corrected chi connectivity index (χ4v) is 3.91. The Hall–Kier alpha value is -3.64. The average molecular weight is 474 g/mol. The molecule has 178 valence electrons. The highest BCUT2D eigenvalue weighted by molar-refractivity contribution is 5.77. The first-order valence-corrected chi connectivity index (χ1v) is 9.39. The second-order valence-electron chi connectivity index (χ2n) is 7.38. The van der Waals surface area contributed by atoms with E-state index in [2.05, 4.69) is 9.98 Å². The van der Waals surface area contributed by atoms with Crippen LogP contribution in [0.15, 0.2) is 75.1 Å². The largest absolute Gasteiger partial charge is 0.463 e. The van der Waals surface area contributed by atoms with Crippen molar-refractivity contribution in [3.63, 3.8) is 0 Å². The molecule has 0 aliphatic heterocycles. The summed E-state index contributed by atoms with van der Waals surface area (Å²) in [5.74, 6) is -2.95. The van der Waals surface area contributed by atoms with Gasteiger partial charge in [0.2, 0.25) is 0 Å². The lowest BCUT2D eigenvalue weighted by Crippen LogP contribution is -2.51. The van der Waals surface area contributed by atoms with Crippen LogP contribution >= 0.6 is 0 Å². The van der Waals surface area contributed by atoms with E-state index in [1.165, 1.54) is 12.2 Å². The Morgan fingerprint density at radius 3 is 1.36 bits per heavy atom. The minimum absolute atomic E-state index is 0.639. The van der Waals surface area contributed by atoms with E-state index >= 15 is 0 Å². The molecule has 0 aromatic carbocycles. The molecule has 2 aliphatic carbocycles. The van der Waals surface area contributed by atoms with E-state index in [9.17, 15) is 26.3 Å². The molecule has 1 heterocycles. The standard InChI is InChI=1S/C20H20F6N6O/c21-19(22,23)17(9-3-1-5-11(17)31-15(27)28)13-7-8-14(33-13)18(20(24,25)26)10-4-2-6-12(18)32-16(29)30/h1-12H,(H4,27,28,31)(H4,29,30,32). The van der Waals surface area contributed by atoms with Gasteiger partial charge < -0.3 is 27.4 Å². The zero-order valence-electron chi connectivity index (χ0n) is 16.8. The molecule has 3 rings (SSSR count). The quantitative estimate of drug-likeness (QED) is 0.301. The van der Waals surface area contributed by atoms with Crippen LogP contribution in [-0.2, 0) is 10.8 Å².